The summed E-state index contributed by atoms with van der Waals surface area (Å²) in [6.45, 7) is 2.01. The van der Waals surface area contributed by atoms with E-state index in [-0.39, 0.29) is 0 Å². The Bertz CT molecular complexity index is 413. The Labute approximate surface area is 83.5 Å². The summed E-state index contributed by atoms with van der Waals surface area (Å²) < 4.78 is 1.81. The number of benzene rings is 1. The molecule has 0 aliphatic rings. The third-order valence-electron chi connectivity index (χ3n) is 2.05. The maximum absolute atomic E-state index is 4.42. The molecule has 70 valence electrons. The van der Waals surface area contributed by atoms with E-state index in [0.29, 0.717) is 0 Å². The first-order valence-electron chi connectivity index (χ1n) is 4.60. The lowest BCUT2D eigenvalue weighted by molar-refractivity contribution is 0.886. The summed E-state index contributed by atoms with van der Waals surface area (Å²) in [5, 5.41) is 4.42. The molecule has 0 aliphatic carbocycles. The van der Waals surface area contributed by atoms with Crippen LogP contribution in [-0.4, -0.2) is 10.4 Å². The Kier molecular flexibility index (Phi) is 2.45. The summed E-state index contributed by atoms with van der Waals surface area (Å²) in [7, 11) is 0. The zero-order valence-corrected chi connectivity index (χ0v) is 8.09. The molecule has 0 aliphatic heterocycles. The van der Waals surface area contributed by atoms with Crippen molar-refractivity contribution in [1.29, 1.82) is 0 Å². The maximum atomic E-state index is 4.42. The van der Waals surface area contributed by atoms with E-state index in [1.165, 1.54) is 0 Å². The van der Waals surface area contributed by atoms with Crippen LogP contribution in [0.15, 0.2) is 60.0 Å². The van der Waals surface area contributed by atoms with Crippen molar-refractivity contribution in [1.82, 2.24) is 4.68 Å². The third kappa shape index (κ3) is 1.91. The van der Waals surface area contributed by atoms with Crippen molar-refractivity contribution >= 4 is 5.71 Å². The van der Waals surface area contributed by atoms with E-state index in [1.807, 2.05) is 54.3 Å². The smallest absolute Gasteiger partial charge is 0.0654 e. The standard InChI is InChI=1S/C12H12N2/c1-11(12-7-3-2-4-8-12)13-14-9-5-6-10-14/h2-10H,1H3/b13-11+. The normalized spacial score (nSPS) is 11.6. The first kappa shape index (κ1) is 8.75. The van der Waals surface area contributed by atoms with Crippen molar-refractivity contribution in [2.75, 3.05) is 0 Å². The first-order chi connectivity index (χ1) is 6.86. The molecule has 0 amide bonds. The van der Waals surface area contributed by atoms with Gasteiger partial charge in [0.05, 0.1) is 5.71 Å². The van der Waals surface area contributed by atoms with E-state index >= 15 is 0 Å². The summed E-state index contributed by atoms with van der Waals surface area (Å²) in [6, 6.07) is 14.1. The van der Waals surface area contributed by atoms with Crippen LogP contribution in [-0.2, 0) is 0 Å². The molecule has 0 spiro atoms. The average Bonchev–Trinajstić information content (AvgIpc) is 2.72. The van der Waals surface area contributed by atoms with Crippen molar-refractivity contribution in [3.8, 4) is 0 Å². The molecule has 2 rings (SSSR count). The highest BCUT2D eigenvalue weighted by Gasteiger charge is 1.94. The van der Waals surface area contributed by atoms with Gasteiger partial charge in [-0.2, -0.15) is 5.10 Å². The van der Waals surface area contributed by atoms with Gasteiger partial charge < -0.3 is 0 Å². The SMILES string of the molecule is C/C(=N\n1cccc1)c1ccccc1. The number of nitrogens with zero attached hydrogens (tertiary/aromatic N) is 2. The number of rotatable bonds is 2. The first-order valence-corrected chi connectivity index (χ1v) is 4.60. The minimum absolute atomic E-state index is 1.02. The number of aromatic nitrogens is 1. The van der Waals surface area contributed by atoms with Gasteiger partial charge in [-0.05, 0) is 24.6 Å². The quantitative estimate of drug-likeness (QED) is 0.638. The molecule has 0 bridgehead atoms. The van der Waals surface area contributed by atoms with Gasteiger partial charge in [0.2, 0.25) is 0 Å². The minimum atomic E-state index is 1.02. The van der Waals surface area contributed by atoms with Gasteiger partial charge in [-0.3, -0.25) is 0 Å². The number of hydrogen-bond acceptors (Lipinski definition) is 1. The van der Waals surface area contributed by atoms with E-state index in [1.54, 1.807) is 0 Å². The largest absolute Gasteiger partial charge is 0.248 e. The summed E-state index contributed by atoms with van der Waals surface area (Å²) in [5.41, 5.74) is 2.17. The second-order valence-corrected chi connectivity index (χ2v) is 3.11. The molecule has 0 N–H and O–H groups in total. The van der Waals surface area contributed by atoms with Gasteiger partial charge in [0.25, 0.3) is 0 Å². The zero-order chi connectivity index (χ0) is 9.80. The van der Waals surface area contributed by atoms with E-state index in [4.69, 9.17) is 0 Å². The summed E-state index contributed by atoms with van der Waals surface area (Å²) in [6.07, 6.45) is 3.85. The van der Waals surface area contributed by atoms with Crippen molar-refractivity contribution in [2.24, 2.45) is 5.10 Å². The second kappa shape index (κ2) is 3.92. The van der Waals surface area contributed by atoms with Crippen LogP contribution >= 0.6 is 0 Å². The van der Waals surface area contributed by atoms with E-state index in [0.717, 1.165) is 11.3 Å². The van der Waals surface area contributed by atoms with E-state index in [9.17, 15) is 0 Å². The lowest BCUT2D eigenvalue weighted by Gasteiger charge is -2.00. The minimum Gasteiger partial charge on any atom is -0.248 e. The number of hydrogen-bond donors (Lipinski definition) is 0. The Morgan fingerprint density at radius 2 is 1.64 bits per heavy atom. The predicted molar refractivity (Wildman–Crippen MR) is 58.5 cm³/mol. The molecule has 0 radical (unpaired) electrons. The third-order valence-corrected chi connectivity index (χ3v) is 2.05. The molecule has 14 heavy (non-hydrogen) atoms. The monoisotopic (exact) mass is 184 g/mol. The molecule has 2 aromatic rings. The van der Waals surface area contributed by atoms with Gasteiger partial charge in [0.1, 0.15) is 0 Å². The van der Waals surface area contributed by atoms with Gasteiger partial charge in [-0.15, -0.1) is 0 Å². The van der Waals surface area contributed by atoms with Crippen LogP contribution in [0.3, 0.4) is 0 Å². The fraction of sp³-hybridized carbons (Fsp3) is 0.0833. The summed E-state index contributed by atoms with van der Waals surface area (Å²) in [4.78, 5) is 0. The van der Waals surface area contributed by atoms with Crippen LogP contribution in [0.4, 0.5) is 0 Å². The van der Waals surface area contributed by atoms with Crippen molar-refractivity contribution in [3.63, 3.8) is 0 Å². The highest BCUT2D eigenvalue weighted by molar-refractivity contribution is 5.98. The molecule has 1 aromatic heterocycles. The lowest BCUT2D eigenvalue weighted by Crippen LogP contribution is -1.97. The zero-order valence-electron chi connectivity index (χ0n) is 8.09. The molecular formula is C12H12N2. The summed E-state index contributed by atoms with van der Waals surface area (Å²) in [5.74, 6) is 0. The molecular weight excluding hydrogens is 172 g/mol. The van der Waals surface area contributed by atoms with Crippen molar-refractivity contribution in [2.45, 2.75) is 6.92 Å². The van der Waals surface area contributed by atoms with Crippen LogP contribution in [0.5, 0.6) is 0 Å². The average molecular weight is 184 g/mol. The molecule has 2 nitrogen and oxygen atoms in total. The van der Waals surface area contributed by atoms with Crippen molar-refractivity contribution < 1.29 is 0 Å². The fourth-order valence-corrected chi connectivity index (χ4v) is 1.30. The Hall–Kier alpha value is -1.83. The Morgan fingerprint density at radius 1 is 1.00 bits per heavy atom. The molecule has 0 saturated heterocycles. The molecule has 2 heteroatoms. The molecule has 1 heterocycles. The van der Waals surface area contributed by atoms with E-state index < -0.39 is 0 Å². The van der Waals surface area contributed by atoms with Gasteiger partial charge >= 0.3 is 0 Å². The second-order valence-electron chi connectivity index (χ2n) is 3.11. The fourth-order valence-electron chi connectivity index (χ4n) is 1.30. The molecule has 1 aromatic carbocycles. The predicted octanol–water partition coefficient (Wildman–Crippen LogP) is 2.76. The maximum Gasteiger partial charge on any atom is 0.0654 e. The van der Waals surface area contributed by atoms with Crippen LogP contribution in [0.25, 0.3) is 0 Å². The van der Waals surface area contributed by atoms with Crippen LogP contribution in [0.1, 0.15) is 12.5 Å². The Balaban J connectivity index is 2.29. The molecule has 0 fully saturated rings. The van der Waals surface area contributed by atoms with Crippen LogP contribution < -0.4 is 0 Å². The Morgan fingerprint density at radius 3 is 2.29 bits per heavy atom. The lowest BCUT2D eigenvalue weighted by atomic mass is 10.1. The highest BCUT2D eigenvalue weighted by atomic mass is 15.3. The molecule has 0 unspecified atom stereocenters. The highest BCUT2D eigenvalue weighted by Crippen LogP contribution is 2.01. The molecule has 0 atom stereocenters. The van der Waals surface area contributed by atoms with Crippen LogP contribution in [0.2, 0.25) is 0 Å². The summed E-state index contributed by atoms with van der Waals surface area (Å²) >= 11 is 0. The van der Waals surface area contributed by atoms with Gasteiger partial charge in [0.15, 0.2) is 0 Å². The van der Waals surface area contributed by atoms with Gasteiger partial charge in [0, 0.05) is 12.4 Å². The van der Waals surface area contributed by atoms with Crippen LogP contribution in [0, 0.1) is 0 Å². The molecule has 0 saturated carbocycles. The van der Waals surface area contributed by atoms with Gasteiger partial charge in [-0.1, -0.05) is 30.3 Å². The van der Waals surface area contributed by atoms with Gasteiger partial charge in [-0.25, -0.2) is 4.68 Å². The van der Waals surface area contributed by atoms with Crippen molar-refractivity contribution in [3.05, 3.63) is 60.4 Å². The topological polar surface area (TPSA) is 17.3 Å². The van der Waals surface area contributed by atoms with E-state index in [2.05, 4.69) is 17.2 Å².